The molecule has 0 radical (unpaired) electrons. The van der Waals surface area contributed by atoms with Crippen LogP contribution in [0.5, 0.6) is 11.5 Å². The van der Waals surface area contributed by atoms with Gasteiger partial charge < -0.3 is 48.7 Å². The van der Waals surface area contributed by atoms with Crippen LogP contribution in [0.4, 0.5) is 13.2 Å². The number of aryl methyl sites for hydroxylation is 1. The van der Waals surface area contributed by atoms with Crippen LogP contribution in [-0.4, -0.2) is 104 Å². The lowest BCUT2D eigenvalue weighted by Crippen LogP contribution is -2.70. The molecule has 3 aliphatic heterocycles. The number of aromatic hydroxyl groups is 1. The summed E-state index contributed by atoms with van der Waals surface area (Å²) in [5.41, 5.74) is 0.727. The highest BCUT2D eigenvalue weighted by atomic mass is 19.4. The van der Waals surface area contributed by atoms with E-state index >= 15 is 0 Å². The Balaban J connectivity index is 1.29. The lowest BCUT2D eigenvalue weighted by molar-refractivity contribution is -0.372. The van der Waals surface area contributed by atoms with Gasteiger partial charge in [-0.3, -0.25) is 0 Å². The van der Waals surface area contributed by atoms with Gasteiger partial charge >= 0.3 is 12.1 Å². The van der Waals surface area contributed by atoms with E-state index in [1.54, 1.807) is 12.1 Å². The first-order valence-electron chi connectivity index (χ1n) is 13.7. The minimum Gasteiger partial charge on any atom is -0.504 e. The quantitative estimate of drug-likeness (QED) is 0.214. The van der Waals surface area contributed by atoms with E-state index in [1.807, 2.05) is 7.05 Å². The van der Waals surface area contributed by atoms with Gasteiger partial charge in [0.25, 0.3) is 0 Å². The van der Waals surface area contributed by atoms with E-state index < -0.39 is 60.2 Å². The lowest BCUT2D eigenvalue weighted by atomic mass is 9.52. The summed E-state index contributed by atoms with van der Waals surface area (Å²) >= 11 is 0. The summed E-state index contributed by atoms with van der Waals surface area (Å²) in [6.45, 7) is 2.04. The van der Waals surface area contributed by atoms with Gasteiger partial charge in [0.05, 0.1) is 5.41 Å². The molecule has 1 unspecified atom stereocenters. The number of carbonyl (C=O) groups is 1. The van der Waals surface area contributed by atoms with Crippen molar-refractivity contribution in [2.75, 3.05) is 13.6 Å². The molecule has 0 amide bonds. The first kappa shape index (κ1) is 28.5. The van der Waals surface area contributed by atoms with E-state index in [4.69, 9.17) is 18.6 Å². The van der Waals surface area contributed by atoms with Crippen LogP contribution in [0.3, 0.4) is 0 Å². The second-order valence-electron chi connectivity index (χ2n) is 11.7. The van der Waals surface area contributed by atoms with Crippen LogP contribution in [-0.2, 0) is 30.8 Å². The number of piperidine rings is 1. The van der Waals surface area contributed by atoms with Crippen LogP contribution in [0.25, 0.3) is 0 Å². The Kier molecular flexibility index (Phi) is 6.20. The van der Waals surface area contributed by atoms with Crippen molar-refractivity contribution < 1.29 is 61.8 Å². The van der Waals surface area contributed by atoms with Crippen molar-refractivity contribution >= 4 is 5.97 Å². The zero-order valence-electron chi connectivity index (χ0n) is 22.8. The number of phenolic OH excluding ortho intramolecular Hbond substituents is 1. The van der Waals surface area contributed by atoms with E-state index in [1.165, 1.54) is 19.1 Å². The number of aromatic nitrogens is 2. The maximum atomic E-state index is 13.2. The second kappa shape index (κ2) is 9.36. The third-order valence-electron chi connectivity index (χ3n) is 9.30. The predicted octanol–water partition coefficient (Wildman–Crippen LogP) is 0.527. The van der Waals surface area contributed by atoms with Crippen molar-refractivity contribution in [3.63, 3.8) is 0 Å². The highest BCUT2D eigenvalue weighted by molar-refractivity contribution is 5.75. The zero-order valence-corrected chi connectivity index (χ0v) is 22.8. The number of alkyl halides is 3. The minimum atomic E-state index is -5.46. The second-order valence-corrected chi connectivity index (χ2v) is 11.7. The highest BCUT2D eigenvalue weighted by Gasteiger charge is 2.69. The molecule has 43 heavy (non-hydrogen) atoms. The molecule has 2 bridgehead atoms. The Morgan fingerprint density at radius 3 is 2.67 bits per heavy atom. The van der Waals surface area contributed by atoms with Crippen LogP contribution >= 0.6 is 0 Å². The molecule has 13 nitrogen and oxygen atoms in total. The zero-order chi connectivity index (χ0) is 30.6. The van der Waals surface area contributed by atoms with Crippen LogP contribution in [0, 0.1) is 12.8 Å². The maximum Gasteiger partial charge on any atom is 0.490 e. The molecule has 4 N–H and O–H groups in total. The number of halogens is 3. The van der Waals surface area contributed by atoms with Gasteiger partial charge in [0.15, 0.2) is 29.8 Å². The van der Waals surface area contributed by atoms with Crippen LogP contribution in [0.1, 0.15) is 35.4 Å². The highest BCUT2D eigenvalue weighted by Crippen LogP contribution is 2.64. The van der Waals surface area contributed by atoms with Gasteiger partial charge in [-0.15, -0.1) is 10.2 Å². The molecule has 1 aromatic carbocycles. The number of benzene rings is 1. The summed E-state index contributed by atoms with van der Waals surface area (Å²) in [7, 11) is 1.99. The molecule has 2 saturated heterocycles. The van der Waals surface area contributed by atoms with E-state index in [0.29, 0.717) is 19.4 Å². The van der Waals surface area contributed by atoms with Crippen molar-refractivity contribution in [1.82, 2.24) is 15.1 Å². The van der Waals surface area contributed by atoms with Gasteiger partial charge in [0, 0.05) is 24.4 Å². The number of hydrogen-bond donors (Lipinski definition) is 4. The fourth-order valence-corrected chi connectivity index (χ4v) is 7.43. The lowest BCUT2D eigenvalue weighted by Gasteiger charge is -2.58. The number of aliphatic hydroxyl groups excluding tert-OH is 2. The first-order chi connectivity index (χ1) is 20.2. The SMILES string of the molecule is Cc1nnc(C2O[C@H](O[C@@]3(O)C=C[C@H]4[C@H]5Cc6ccc(O)c7c6[C@@]4(CCN5C)[C@H]3O7)[C@H](OC(=O)C(F)(F)F)[C@@H](O)[C@@H]2O)o1. The van der Waals surface area contributed by atoms with Gasteiger partial charge in [-0.25, -0.2) is 4.79 Å². The van der Waals surface area contributed by atoms with Crippen LogP contribution in [0.2, 0.25) is 0 Å². The number of esters is 1. The minimum absolute atomic E-state index is 0.0113. The number of likely N-dealkylation sites (tertiary alicyclic amines) is 1. The van der Waals surface area contributed by atoms with Crippen LogP contribution < -0.4 is 4.74 Å². The summed E-state index contributed by atoms with van der Waals surface area (Å²) in [5.74, 6) is -5.58. The number of rotatable bonds is 4. The normalized spacial score (nSPS) is 39.7. The summed E-state index contributed by atoms with van der Waals surface area (Å²) in [6.07, 6.45) is -12.7. The molecule has 1 spiro atoms. The van der Waals surface area contributed by atoms with Gasteiger partial charge in [-0.2, -0.15) is 13.2 Å². The average molecular weight is 612 g/mol. The predicted molar refractivity (Wildman–Crippen MR) is 132 cm³/mol. The molecule has 4 heterocycles. The van der Waals surface area contributed by atoms with Gasteiger partial charge in [0.1, 0.15) is 12.2 Å². The number of phenols is 1. The third-order valence-corrected chi connectivity index (χ3v) is 9.30. The third kappa shape index (κ3) is 4.04. The Morgan fingerprint density at radius 2 is 1.98 bits per heavy atom. The number of likely N-dealkylation sites (N-methyl/N-ethyl adjacent to an activating group) is 1. The largest absolute Gasteiger partial charge is 0.504 e. The van der Waals surface area contributed by atoms with Gasteiger partial charge in [-0.1, -0.05) is 12.1 Å². The molecule has 0 saturated carbocycles. The smallest absolute Gasteiger partial charge is 0.490 e. The monoisotopic (exact) mass is 611 g/mol. The Labute approximate surface area is 241 Å². The Hall–Kier alpha value is -3.28. The molecule has 1 aromatic heterocycles. The number of hydrogen-bond acceptors (Lipinski definition) is 13. The molecule has 2 aromatic rings. The van der Waals surface area contributed by atoms with Crippen molar-refractivity contribution in [3.05, 3.63) is 47.2 Å². The van der Waals surface area contributed by atoms with E-state index in [9.17, 15) is 38.4 Å². The van der Waals surface area contributed by atoms with Gasteiger partial charge in [-0.05, 0) is 44.1 Å². The van der Waals surface area contributed by atoms with E-state index in [2.05, 4.69) is 19.8 Å². The first-order valence-corrected chi connectivity index (χ1v) is 13.7. The molecule has 2 aliphatic carbocycles. The molecule has 232 valence electrons. The van der Waals surface area contributed by atoms with Crippen molar-refractivity contribution in [1.29, 1.82) is 0 Å². The van der Waals surface area contributed by atoms with E-state index in [-0.39, 0.29) is 35.2 Å². The number of aliphatic hydroxyl groups is 3. The fraction of sp³-hybridized carbons (Fsp3) is 0.593. The molecular weight excluding hydrogens is 583 g/mol. The maximum absolute atomic E-state index is 13.2. The number of carbonyl (C=O) groups excluding carboxylic acids is 1. The van der Waals surface area contributed by atoms with Gasteiger partial charge in [0.2, 0.25) is 23.9 Å². The van der Waals surface area contributed by atoms with Crippen LogP contribution in [0.15, 0.2) is 28.7 Å². The fourth-order valence-electron chi connectivity index (χ4n) is 7.43. The molecule has 16 heteroatoms. The van der Waals surface area contributed by atoms with Crippen molar-refractivity contribution in [2.24, 2.45) is 5.92 Å². The number of ether oxygens (including phenoxy) is 4. The Morgan fingerprint density at radius 1 is 1.21 bits per heavy atom. The summed E-state index contributed by atoms with van der Waals surface area (Å²) in [4.78, 5) is 14.1. The topological polar surface area (TPSA) is 177 Å². The van der Waals surface area contributed by atoms with E-state index in [0.717, 1.165) is 11.1 Å². The standard InChI is InChI=1S/C27H28F3N3O10/c1-10-31-32-21(39-10)19-16(35)17(36)20(42-24(37)27(28,29)30)22(40-19)43-26(38)6-5-12-13-9-11-3-4-14(34)18-15(11)25(12,23(26)41-18)7-8-33(13)2/h3-6,12-13,16-17,19-20,22-23,34-36,38H,7-9H2,1-2H3/t12-,13+,16-,17-,19?,20+,22+,23+,25-,26-/m0/s1. The summed E-state index contributed by atoms with van der Waals surface area (Å²) in [5, 5.41) is 51.9. The molecule has 10 atom stereocenters. The van der Waals surface area contributed by atoms with Crippen molar-refractivity contribution in [2.45, 2.75) is 80.0 Å². The molecular formula is C27H28F3N3O10. The molecule has 5 aliphatic rings. The van der Waals surface area contributed by atoms with Crippen molar-refractivity contribution in [3.8, 4) is 11.5 Å². The Bertz CT molecular complexity index is 1500. The molecule has 2 fully saturated rings. The summed E-state index contributed by atoms with van der Waals surface area (Å²) in [6, 6.07) is 3.31. The summed E-state index contributed by atoms with van der Waals surface area (Å²) < 4.78 is 67.4. The number of nitrogens with zero attached hydrogens (tertiary/aromatic N) is 3. The molecule has 7 rings (SSSR count). The average Bonchev–Trinajstić information content (AvgIpc) is 3.54.